The van der Waals surface area contributed by atoms with Crippen LogP contribution in [0.2, 0.25) is 0 Å². The number of carbonyl (C=O) groups excluding carboxylic acids is 1. The highest BCUT2D eigenvalue weighted by Crippen LogP contribution is 2.28. The molecule has 0 heterocycles. The molecule has 0 spiro atoms. The van der Waals surface area contributed by atoms with Crippen molar-refractivity contribution in [3.8, 4) is 0 Å². The third-order valence-corrected chi connectivity index (χ3v) is 3.28. The Labute approximate surface area is 95.4 Å². The Morgan fingerprint density at radius 2 is 1.94 bits per heavy atom. The summed E-state index contributed by atoms with van der Waals surface area (Å²) in [7, 11) is 0. The lowest BCUT2D eigenvalue weighted by Crippen LogP contribution is -2.57. The zero-order valence-electron chi connectivity index (χ0n) is 9.66. The van der Waals surface area contributed by atoms with Gasteiger partial charge in [0.25, 0.3) is 0 Å². The van der Waals surface area contributed by atoms with Crippen LogP contribution in [0.4, 0.5) is 0 Å². The number of carboxylic acid groups (broad SMARTS) is 1. The molecule has 1 fully saturated rings. The van der Waals surface area contributed by atoms with E-state index >= 15 is 0 Å². The van der Waals surface area contributed by atoms with E-state index in [-0.39, 0.29) is 18.4 Å². The summed E-state index contributed by atoms with van der Waals surface area (Å²) in [5.74, 6) is -1.52. The summed E-state index contributed by atoms with van der Waals surface area (Å²) >= 11 is 0. The second kappa shape index (κ2) is 5.30. The van der Waals surface area contributed by atoms with Crippen LogP contribution in [-0.2, 0) is 9.59 Å². The summed E-state index contributed by atoms with van der Waals surface area (Å²) in [6.07, 6.45) is 3.78. The van der Waals surface area contributed by atoms with E-state index in [0.29, 0.717) is 12.8 Å². The van der Waals surface area contributed by atoms with Crippen molar-refractivity contribution in [2.75, 3.05) is 6.54 Å². The van der Waals surface area contributed by atoms with Gasteiger partial charge >= 0.3 is 5.97 Å². The third kappa shape index (κ3) is 2.72. The van der Waals surface area contributed by atoms with E-state index in [0.717, 1.165) is 19.3 Å². The van der Waals surface area contributed by atoms with Crippen molar-refractivity contribution in [1.82, 2.24) is 5.32 Å². The molecule has 16 heavy (non-hydrogen) atoms. The number of rotatable bonds is 4. The van der Waals surface area contributed by atoms with E-state index < -0.39 is 11.5 Å². The van der Waals surface area contributed by atoms with Crippen LogP contribution < -0.4 is 11.1 Å². The fraction of sp³-hybridized carbons (Fsp3) is 0.818. The summed E-state index contributed by atoms with van der Waals surface area (Å²) in [4.78, 5) is 23.0. The van der Waals surface area contributed by atoms with Crippen LogP contribution in [0.1, 0.15) is 39.0 Å². The number of hydrogen-bond acceptors (Lipinski definition) is 3. The highest BCUT2D eigenvalue weighted by molar-refractivity contribution is 5.88. The highest BCUT2D eigenvalue weighted by Gasteiger charge is 2.41. The van der Waals surface area contributed by atoms with Crippen molar-refractivity contribution in [1.29, 1.82) is 0 Å². The number of nitrogens with one attached hydrogen (secondary N) is 1. The monoisotopic (exact) mass is 228 g/mol. The topological polar surface area (TPSA) is 92.4 Å². The van der Waals surface area contributed by atoms with Gasteiger partial charge in [-0.15, -0.1) is 0 Å². The minimum Gasteiger partial charge on any atom is -0.480 e. The van der Waals surface area contributed by atoms with E-state index in [9.17, 15) is 14.7 Å². The van der Waals surface area contributed by atoms with E-state index in [2.05, 4.69) is 5.32 Å². The maximum Gasteiger partial charge on any atom is 0.329 e. The number of hydrogen-bond donors (Lipinski definition) is 3. The van der Waals surface area contributed by atoms with Gasteiger partial charge in [-0.05, 0) is 12.8 Å². The number of amides is 1. The molecule has 0 aromatic carbocycles. The van der Waals surface area contributed by atoms with Gasteiger partial charge in [0.15, 0.2) is 0 Å². The molecule has 1 amide bonds. The van der Waals surface area contributed by atoms with Gasteiger partial charge in [-0.2, -0.15) is 0 Å². The maximum atomic E-state index is 11.7. The lowest BCUT2D eigenvalue weighted by Gasteiger charge is -2.34. The summed E-state index contributed by atoms with van der Waals surface area (Å²) in [6.45, 7) is 1.94. The largest absolute Gasteiger partial charge is 0.480 e. The highest BCUT2D eigenvalue weighted by atomic mass is 16.4. The van der Waals surface area contributed by atoms with Crippen molar-refractivity contribution in [3.05, 3.63) is 0 Å². The molecule has 1 aliphatic carbocycles. The molecule has 0 bridgehead atoms. The van der Waals surface area contributed by atoms with E-state index in [4.69, 9.17) is 5.73 Å². The normalized spacial score (nSPS) is 21.1. The first-order valence-corrected chi connectivity index (χ1v) is 5.77. The van der Waals surface area contributed by atoms with Gasteiger partial charge in [0.05, 0.1) is 0 Å². The van der Waals surface area contributed by atoms with Gasteiger partial charge in [-0.3, -0.25) is 4.79 Å². The van der Waals surface area contributed by atoms with E-state index in [1.54, 1.807) is 6.92 Å². The Morgan fingerprint density at radius 3 is 2.38 bits per heavy atom. The van der Waals surface area contributed by atoms with Gasteiger partial charge in [-0.25, -0.2) is 4.79 Å². The van der Waals surface area contributed by atoms with Crippen LogP contribution in [-0.4, -0.2) is 29.1 Å². The Balaban J connectivity index is 2.71. The zero-order chi connectivity index (χ0) is 12.2. The first-order valence-electron chi connectivity index (χ1n) is 5.77. The fourth-order valence-electron chi connectivity index (χ4n) is 2.01. The molecule has 0 radical (unpaired) electrons. The number of carbonyl (C=O) groups is 2. The van der Waals surface area contributed by atoms with Gasteiger partial charge < -0.3 is 16.2 Å². The summed E-state index contributed by atoms with van der Waals surface area (Å²) in [6, 6.07) is 0. The average Bonchev–Trinajstić information content (AvgIpc) is 2.28. The van der Waals surface area contributed by atoms with Crippen molar-refractivity contribution >= 4 is 11.9 Å². The van der Waals surface area contributed by atoms with Gasteiger partial charge in [0.1, 0.15) is 5.54 Å². The van der Waals surface area contributed by atoms with Crippen LogP contribution in [0, 0.1) is 5.92 Å². The number of nitrogens with two attached hydrogens (primary N) is 1. The molecular formula is C11H20N2O3. The van der Waals surface area contributed by atoms with E-state index in [1.165, 1.54) is 0 Å². The Morgan fingerprint density at radius 1 is 1.38 bits per heavy atom. The van der Waals surface area contributed by atoms with Gasteiger partial charge in [-0.1, -0.05) is 26.2 Å². The van der Waals surface area contributed by atoms with Gasteiger partial charge in [0.2, 0.25) is 5.91 Å². The Hall–Kier alpha value is -1.10. The molecular weight excluding hydrogens is 208 g/mol. The number of carboxylic acids is 1. The van der Waals surface area contributed by atoms with Crippen molar-refractivity contribution in [2.45, 2.75) is 44.6 Å². The van der Waals surface area contributed by atoms with Crippen LogP contribution in [0.25, 0.3) is 0 Å². The summed E-state index contributed by atoms with van der Waals surface area (Å²) in [5.41, 5.74) is 4.33. The minimum atomic E-state index is -1.06. The summed E-state index contributed by atoms with van der Waals surface area (Å²) in [5, 5.41) is 11.9. The maximum absolute atomic E-state index is 11.7. The molecule has 5 heteroatoms. The molecule has 1 unspecified atom stereocenters. The standard InChI is InChI=1S/C11H20N2O3/c1-8(7-12)9(14)13-11(10(15)16)5-3-2-4-6-11/h8H,2-7,12H2,1H3,(H,13,14)(H,15,16). The van der Waals surface area contributed by atoms with Crippen molar-refractivity contribution in [3.63, 3.8) is 0 Å². The van der Waals surface area contributed by atoms with Crippen LogP contribution in [0.5, 0.6) is 0 Å². The molecule has 1 atom stereocenters. The molecule has 1 rings (SSSR count). The summed E-state index contributed by atoms with van der Waals surface area (Å²) < 4.78 is 0. The molecule has 0 saturated heterocycles. The lowest BCUT2D eigenvalue weighted by molar-refractivity contribution is -0.149. The zero-order valence-corrected chi connectivity index (χ0v) is 9.66. The molecule has 0 aromatic rings. The Kier molecular flexibility index (Phi) is 4.29. The van der Waals surface area contributed by atoms with Crippen LogP contribution >= 0.6 is 0 Å². The first kappa shape index (κ1) is 13.0. The van der Waals surface area contributed by atoms with Crippen molar-refractivity contribution < 1.29 is 14.7 Å². The lowest BCUT2D eigenvalue weighted by atomic mass is 9.81. The second-order valence-corrected chi connectivity index (χ2v) is 4.57. The van der Waals surface area contributed by atoms with Crippen LogP contribution in [0.3, 0.4) is 0 Å². The molecule has 4 N–H and O–H groups in total. The SMILES string of the molecule is CC(CN)C(=O)NC1(C(=O)O)CCCCC1. The van der Waals surface area contributed by atoms with Gasteiger partial charge in [0, 0.05) is 12.5 Å². The minimum absolute atomic E-state index is 0.238. The predicted octanol–water partition coefficient (Wildman–Crippen LogP) is 0.485. The van der Waals surface area contributed by atoms with E-state index in [1.807, 2.05) is 0 Å². The molecule has 1 aliphatic rings. The predicted molar refractivity (Wildman–Crippen MR) is 59.8 cm³/mol. The molecule has 1 saturated carbocycles. The quantitative estimate of drug-likeness (QED) is 0.652. The van der Waals surface area contributed by atoms with Crippen LogP contribution in [0.15, 0.2) is 0 Å². The second-order valence-electron chi connectivity index (χ2n) is 4.57. The molecule has 92 valence electrons. The smallest absolute Gasteiger partial charge is 0.329 e. The molecule has 0 aliphatic heterocycles. The average molecular weight is 228 g/mol. The third-order valence-electron chi connectivity index (χ3n) is 3.28. The fourth-order valence-corrected chi connectivity index (χ4v) is 2.01. The molecule has 0 aromatic heterocycles. The number of aliphatic carboxylic acids is 1. The Bertz CT molecular complexity index is 272. The first-order chi connectivity index (χ1) is 7.52. The van der Waals surface area contributed by atoms with Crippen molar-refractivity contribution in [2.24, 2.45) is 11.7 Å². The molecule has 5 nitrogen and oxygen atoms in total.